The second-order valence-corrected chi connectivity index (χ2v) is 13.1. The molecule has 0 unspecified atom stereocenters. The molecule has 1 aromatic carbocycles. The first-order valence-electron chi connectivity index (χ1n) is 13.9. The number of hydrogen-bond acceptors (Lipinski definition) is 9. The molecule has 228 valence electrons. The molecule has 2 saturated carbocycles. The number of amides is 3. The van der Waals surface area contributed by atoms with Crippen LogP contribution in [0.3, 0.4) is 0 Å². The fourth-order valence-electron chi connectivity index (χ4n) is 4.65. The molecule has 2 aromatic rings. The Bertz CT molecular complexity index is 1460. The quantitative estimate of drug-likeness (QED) is 0.221. The van der Waals surface area contributed by atoms with Crippen LogP contribution in [0.25, 0.3) is 10.8 Å². The maximum atomic E-state index is 13.1. The maximum absolute atomic E-state index is 13.1. The van der Waals surface area contributed by atoms with E-state index in [4.69, 9.17) is 9.47 Å². The first-order chi connectivity index (χ1) is 19.9. The zero-order chi connectivity index (χ0) is 30.7. The van der Waals surface area contributed by atoms with Crippen LogP contribution in [0.1, 0.15) is 46.0 Å². The van der Waals surface area contributed by atoms with E-state index in [9.17, 15) is 27.9 Å². The monoisotopic (exact) mass is 602 g/mol. The molecule has 1 aromatic heterocycles. The van der Waals surface area contributed by atoms with E-state index in [1.54, 1.807) is 45.4 Å². The summed E-state index contributed by atoms with van der Waals surface area (Å²) >= 11 is 0. The number of benzene rings is 1. The third kappa shape index (κ3) is 7.19. The third-order valence-electron chi connectivity index (χ3n) is 7.58. The number of nitrogens with one attached hydrogen (secondary N) is 3. The van der Waals surface area contributed by atoms with E-state index < -0.39 is 56.7 Å². The molecular weight excluding hydrogens is 564 g/mol. The summed E-state index contributed by atoms with van der Waals surface area (Å²) in [7, 11) is -2.23. The van der Waals surface area contributed by atoms with E-state index in [0.29, 0.717) is 24.0 Å². The molecule has 0 bridgehead atoms. The van der Waals surface area contributed by atoms with Gasteiger partial charge < -0.3 is 25.2 Å². The maximum Gasteiger partial charge on any atom is 0.259 e. The first-order valence-corrected chi connectivity index (χ1v) is 15.5. The lowest BCUT2D eigenvalue weighted by Gasteiger charge is -2.23. The summed E-state index contributed by atoms with van der Waals surface area (Å²) in [5, 5.41) is 16.4. The first kappa shape index (κ1) is 31.2. The Morgan fingerprint density at radius 3 is 2.60 bits per heavy atom. The van der Waals surface area contributed by atoms with Gasteiger partial charge >= 0.3 is 0 Å². The van der Waals surface area contributed by atoms with Crippen molar-refractivity contribution >= 4 is 38.5 Å². The molecule has 2 aliphatic carbocycles. The van der Waals surface area contributed by atoms with E-state index >= 15 is 0 Å². The Kier molecular flexibility index (Phi) is 9.41. The zero-order valence-electron chi connectivity index (χ0n) is 24.0. The van der Waals surface area contributed by atoms with Gasteiger partial charge in [0, 0.05) is 23.9 Å². The van der Waals surface area contributed by atoms with Gasteiger partial charge in [-0.3, -0.25) is 19.1 Å². The molecule has 4 N–H and O–H groups in total. The number of fused-ring (bicyclic) bond motifs is 1. The molecule has 1 heterocycles. The van der Waals surface area contributed by atoms with Crippen molar-refractivity contribution in [3.05, 3.63) is 43.1 Å². The van der Waals surface area contributed by atoms with Crippen LogP contribution < -0.4 is 24.8 Å². The van der Waals surface area contributed by atoms with Crippen molar-refractivity contribution in [3.63, 3.8) is 0 Å². The Morgan fingerprint density at radius 1 is 1.24 bits per heavy atom. The van der Waals surface area contributed by atoms with Crippen LogP contribution in [0.4, 0.5) is 0 Å². The summed E-state index contributed by atoms with van der Waals surface area (Å²) < 4.78 is 38.3. The van der Waals surface area contributed by atoms with Crippen molar-refractivity contribution < 1.29 is 37.4 Å². The molecule has 4 rings (SSSR count). The number of rotatable bonds is 15. The number of carbonyl (C=O) groups excluding carboxylic acids is 3. The van der Waals surface area contributed by atoms with Crippen LogP contribution in [-0.4, -0.2) is 72.9 Å². The van der Waals surface area contributed by atoms with E-state index in [2.05, 4.69) is 26.9 Å². The van der Waals surface area contributed by atoms with E-state index in [0.717, 1.165) is 5.39 Å². The number of pyridine rings is 1. The molecule has 0 radical (unpaired) electrons. The fourth-order valence-corrected chi connectivity index (χ4v) is 6.01. The van der Waals surface area contributed by atoms with Crippen molar-refractivity contribution in [2.45, 2.75) is 68.9 Å². The standard InChI is InChI=1S/C29H38N4O8S/c1-5-19-15-29(19,28(37)33-42(38,39)22-8-9-22)32-24(34)11-7-21(16-31-26(36)25(35)17(2)3)41-27-23-10-6-20(40-4)14-18(23)12-13-30-27/h5-6,10,12-14,17,19,21-22,25,35H,1,7-9,11,15-16H2,2-4H3,(H,31,36)(H,32,34)(H,33,37)/t19-,21-,25+,29-/m1/s1. The van der Waals surface area contributed by atoms with Crippen LogP contribution in [0.15, 0.2) is 43.1 Å². The highest BCUT2D eigenvalue weighted by Crippen LogP contribution is 2.45. The molecule has 3 amide bonds. The lowest BCUT2D eigenvalue weighted by atomic mass is 10.1. The molecule has 0 spiro atoms. The molecule has 0 aliphatic heterocycles. The van der Waals surface area contributed by atoms with Gasteiger partial charge in [-0.25, -0.2) is 13.4 Å². The molecule has 42 heavy (non-hydrogen) atoms. The number of aliphatic hydroxyl groups is 1. The smallest absolute Gasteiger partial charge is 0.259 e. The number of aromatic nitrogens is 1. The molecule has 12 nitrogen and oxygen atoms in total. The minimum absolute atomic E-state index is 0.0232. The van der Waals surface area contributed by atoms with Crippen LogP contribution in [-0.2, 0) is 24.4 Å². The van der Waals surface area contributed by atoms with Crippen LogP contribution in [0.5, 0.6) is 11.6 Å². The number of hydrogen-bond donors (Lipinski definition) is 4. The van der Waals surface area contributed by atoms with Crippen molar-refractivity contribution in [1.29, 1.82) is 0 Å². The largest absolute Gasteiger partial charge is 0.497 e. The van der Waals surface area contributed by atoms with E-state index in [1.165, 1.54) is 6.08 Å². The summed E-state index contributed by atoms with van der Waals surface area (Å²) in [6.07, 6.45) is 2.41. The molecule has 2 fully saturated rings. The predicted octanol–water partition coefficient (Wildman–Crippen LogP) is 1.57. The topological polar surface area (TPSA) is 173 Å². The van der Waals surface area contributed by atoms with Gasteiger partial charge in [0.1, 0.15) is 23.5 Å². The SMILES string of the molecule is C=C[C@@H]1C[C@]1(NC(=O)CC[C@H](CNC(=O)[C@@H](O)C(C)C)Oc1nccc2cc(OC)ccc12)C(=O)NS(=O)(=O)C1CC1. The second kappa shape index (κ2) is 12.7. The number of aliphatic hydroxyl groups excluding tert-OH is 1. The number of methoxy groups -OCH3 is 1. The highest BCUT2D eigenvalue weighted by molar-refractivity contribution is 7.91. The van der Waals surface area contributed by atoms with Gasteiger partial charge in [-0.05, 0) is 61.3 Å². The van der Waals surface area contributed by atoms with Gasteiger partial charge in [-0.15, -0.1) is 6.58 Å². The highest BCUT2D eigenvalue weighted by atomic mass is 32.2. The number of nitrogens with zero attached hydrogens (tertiary/aromatic N) is 1. The zero-order valence-corrected chi connectivity index (χ0v) is 24.8. The molecule has 4 atom stereocenters. The predicted molar refractivity (Wildman–Crippen MR) is 155 cm³/mol. The summed E-state index contributed by atoms with van der Waals surface area (Å²) in [6, 6.07) is 7.18. The summed E-state index contributed by atoms with van der Waals surface area (Å²) in [5.74, 6) is -1.60. The molecule has 2 aliphatic rings. The van der Waals surface area contributed by atoms with Crippen LogP contribution in [0.2, 0.25) is 0 Å². The Balaban J connectivity index is 1.46. The van der Waals surface area contributed by atoms with E-state index in [1.807, 2.05) is 6.07 Å². The summed E-state index contributed by atoms with van der Waals surface area (Å²) in [4.78, 5) is 42.8. The second-order valence-electron chi connectivity index (χ2n) is 11.2. The minimum Gasteiger partial charge on any atom is -0.497 e. The molecule has 0 saturated heterocycles. The van der Waals surface area contributed by atoms with Gasteiger partial charge in [-0.1, -0.05) is 19.9 Å². The third-order valence-corrected chi connectivity index (χ3v) is 9.39. The average molecular weight is 603 g/mol. The Hall–Kier alpha value is -3.71. The highest BCUT2D eigenvalue weighted by Gasteiger charge is 2.60. The van der Waals surface area contributed by atoms with Gasteiger partial charge in [-0.2, -0.15) is 0 Å². The molecular formula is C29H38N4O8S. The summed E-state index contributed by atoms with van der Waals surface area (Å²) in [6.45, 7) is 7.11. The minimum atomic E-state index is -3.79. The summed E-state index contributed by atoms with van der Waals surface area (Å²) in [5.41, 5.74) is -1.39. The van der Waals surface area contributed by atoms with Crippen molar-refractivity contribution in [2.75, 3.05) is 13.7 Å². The number of sulfonamides is 1. The lowest BCUT2D eigenvalue weighted by Crippen LogP contribution is -2.52. The molecule has 13 heteroatoms. The van der Waals surface area contributed by atoms with E-state index in [-0.39, 0.29) is 37.6 Å². The number of carbonyl (C=O) groups is 3. The van der Waals surface area contributed by atoms with Gasteiger partial charge in [0.2, 0.25) is 27.7 Å². The Morgan fingerprint density at radius 2 is 1.98 bits per heavy atom. The van der Waals surface area contributed by atoms with Crippen LogP contribution in [0, 0.1) is 11.8 Å². The fraction of sp³-hybridized carbons (Fsp3) is 0.517. The van der Waals surface area contributed by atoms with Crippen molar-refractivity contribution in [1.82, 2.24) is 20.3 Å². The van der Waals surface area contributed by atoms with Gasteiger partial charge in [0.25, 0.3) is 5.91 Å². The Labute approximate surface area is 245 Å². The van der Waals surface area contributed by atoms with Crippen molar-refractivity contribution in [3.8, 4) is 11.6 Å². The average Bonchev–Trinajstić information content (AvgIpc) is 3.88. The van der Waals surface area contributed by atoms with Crippen LogP contribution >= 0.6 is 0 Å². The van der Waals surface area contributed by atoms with Crippen molar-refractivity contribution in [2.24, 2.45) is 11.8 Å². The lowest BCUT2D eigenvalue weighted by molar-refractivity contribution is -0.131. The number of ether oxygens (including phenoxy) is 2. The van der Waals surface area contributed by atoms with Gasteiger partial charge in [0.15, 0.2) is 0 Å². The van der Waals surface area contributed by atoms with Gasteiger partial charge in [0.05, 0.1) is 18.9 Å². The normalized spacial score (nSPS) is 21.2.